The Morgan fingerprint density at radius 2 is 2.23 bits per heavy atom. The summed E-state index contributed by atoms with van der Waals surface area (Å²) in [5, 5.41) is 5.09. The summed E-state index contributed by atoms with van der Waals surface area (Å²) in [5.41, 5.74) is -0.794. The Kier molecular flexibility index (Phi) is 4.47. The number of pyridine rings is 1. The van der Waals surface area contributed by atoms with Gasteiger partial charge in [0.15, 0.2) is 0 Å². The van der Waals surface area contributed by atoms with Crippen LogP contribution in [-0.2, 0) is 11.0 Å². The minimum absolute atomic E-state index is 0.0190. The molecule has 3 heterocycles. The number of piperidine rings is 1. The summed E-state index contributed by atoms with van der Waals surface area (Å²) in [4.78, 5) is 8.41. The number of anilines is 1. The fraction of sp³-hybridized carbons (Fsp3) is 0.643. The van der Waals surface area contributed by atoms with Crippen molar-refractivity contribution < 1.29 is 23.0 Å². The van der Waals surface area contributed by atoms with Gasteiger partial charge in [0.1, 0.15) is 23.9 Å². The second kappa shape index (κ2) is 6.22. The molecule has 0 aliphatic carbocycles. The maximum absolute atomic E-state index is 12.6. The minimum atomic E-state index is -4.41. The highest BCUT2D eigenvalue weighted by atomic mass is 35.5. The Labute approximate surface area is 131 Å². The van der Waals surface area contributed by atoms with Crippen molar-refractivity contribution >= 4 is 17.4 Å². The quantitative estimate of drug-likeness (QED) is 0.921. The second-order valence-corrected chi connectivity index (χ2v) is 6.15. The van der Waals surface area contributed by atoms with Crippen LogP contribution < -0.4 is 10.3 Å². The summed E-state index contributed by atoms with van der Waals surface area (Å²) in [6.45, 7) is 1.46. The lowest BCUT2D eigenvalue weighted by Gasteiger charge is -2.26. The zero-order valence-electron chi connectivity index (χ0n) is 11.9. The third kappa shape index (κ3) is 3.47. The van der Waals surface area contributed by atoms with Crippen LogP contribution in [0, 0.1) is 0 Å². The summed E-state index contributed by atoms with van der Waals surface area (Å²) in [6.07, 6.45) is 0.978. The van der Waals surface area contributed by atoms with Crippen LogP contribution in [0.25, 0.3) is 0 Å². The number of aromatic nitrogens is 1. The highest BCUT2D eigenvalue weighted by molar-refractivity contribution is 6.32. The van der Waals surface area contributed by atoms with Gasteiger partial charge in [-0.15, -0.1) is 0 Å². The Balaban J connectivity index is 1.58. The molecule has 2 N–H and O–H groups in total. The molecular formula is C14H18ClF3N3O+. The number of hydrogen-bond donors (Lipinski definition) is 1. The molecule has 0 bridgehead atoms. The third-order valence-corrected chi connectivity index (χ3v) is 4.42. The van der Waals surface area contributed by atoms with E-state index in [2.05, 4.69) is 10.3 Å². The fourth-order valence-corrected chi connectivity index (χ4v) is 3.23. The number of nitrogens with one attached hydrogen (secondary N) is 2. The van der Waals surface area contributed by atoms with Gasteiger partial charge in [-0.3, -0.25) is 10.2 Å². The monoisotopic (exact) mass is 336 g/mol. The minimum Gasteiger partial charge on any atom is -0.291 e. The average molecular weight is 337 g/mol. The van der Waals surface area contributed by atoms with Crippen LogP contribution in [0.2, 0.25) is 5.02 Å². The standard InChI is InChI=1S/C14H17ClF3N3O/c15-12-5-9(14(16,17)18)7-19-13(12)20-8-11-6-10-3-1-2-4-21(10)22-11/h5,7,10-11H,1-4,6,8H2,(H,19,20)/p+1/t10-,11-/m1/s1. The van der Waals surface area contributed by atoms with E-state index in [1.807, 2.05) is 5.06 Å². The maximum Gasteiger partial charge on any atom is 0.419 e. The molecular weight excluding hydrogens is 319 g/mol. The van der Waals surface area contributed by atoms with Crippen LogP contribution in [0.1, 0.15) is 31.2 Å². The molecule has 0 radical (unpaired) electrons. The SMILES string of the molecule is FC(F)(F)c1c[nH+]c(NC[C@H]2C[C@H]3CCCCN3O2)c(Cl)c1. The van der Waals surface area contributed by atoms with E-state index in [1.165, 1.54) is 6.42 Å². The molecule has 22 heavy (non-hydrogen) atoms. The van der Waals surface area contributed by atoms with Gasteiger partial charge in [-0.1, -0.05) is 18.0 Å². The van der Waals surface area contributed by atoms with Gasteiger partial charge < -0.3 is 0 Å². The van der Waals surface area contributed by atoms with E-state index in [-0.39, 0.29) is 11.1 Å². The molecule has 1 aromatic rings. The zero-order valence-corrected chi connectivity index (χ0v) is 12.7. The molecule has 0 amide bonds. The van der Waals surface area contributed by atoms with Gasteiger partial charge in [-0.2, -0.15) is 18.2 Å². The Bertz CT molecular complexity index is 527. The molecule has 3 rings (SSSR count). The Morgan fingerprint density at radius 3 is 2.91 bits per heavy atom. The smallest absolute Gasteiger partial charge is 0.291 e. The number of H-pyrrole nitrogens is 1. The topological polar surface area (TPSA) is 38.6 Å². The Morgan fingerprint density at radius 1 is 1.41 bits per heavy atom. The molecule has 1 aromatic heterocycles. The Hall–Kier alpha value is -1.05. The van der Waals surface area contributed by atoms with Gasteiger partial charge in [0.25, 0.3) is 5.82 Å². The molecule has 0 unspecified atom stereocenters. The fourth-order valence-electron chi connectivity index (χ4n) is 2.99. The molecule has 122 valence electrons. The van der Waals surface area contributed by atoms with Crippen molar-refractivity contribution in [2.24, 2.45) is 0 Å². The van der Waals surface area contributed by atoms with E-state index < -0.39 is 11.7 Å². The second-order valence-electron chi connectivity index (χ2n) is 5.74. The number of hydroxylamine groups is 2. The summed E-state index contributed by atoms with van der Waals surface area (Å²) in [7, 11) is 0. The first-order valence-corrected chi connectivity index (χ1v) is 7.77. The van der Waals surface area contributed by atoms with Crippen molar-refractivity contribution in [3.05, 3.63) is 22.8 Å². The first kappa shape index (κ1) is 15.8. The van der Waals surface area contributed by atoms with Crippen LogP contribution in [0.5, 0.6) is 0 Å². The zero-order chi connectivity index (χ0) is 15.7. The van der Waals surface area contributed by atoms with Crippen LogP contribution in [0.4, 0.5) is 19.0 Å². The van der Waals surface area contributed by atoms with Crippen molar-refractivity contribution in [3.63, 3.8) is 0 Å². The van der Waals surface area contributed by atoms with Crippen molar-refractivity contribution in [2.75, 3.05) is 18.4 Å². The predicted molar refractivity (Wildman–Crippen MR) is 75.3 cm³/mol. The number of rotatable bonds is 3. The molecule has 2 saturated heterocycles. The highest BCUT2D eigenvalue weighted by Gasteiger charge is 2.36. The number of alkyl halides is 3. The molecule has 8 heteroatoms. The normalized spacial score (nSPS) is 26.0. The van der Waals surface area contributed by atoms with Crippen molar-refractivity contribution in [1.82, 2.24) is 5.06 Å². The molecule has 0 spiro atoms. The predicted octanol–water partition coefficient (Wildman–Crippen LogP) is 3.14. The summed E-state index contributed by atoms with van der Waals surface area (Å²) in [6, 6.07) is 1.38. The van der Waals surface area contributed by atoms with Gasteiger partial charge in [0.2, 0.25) is 0 Å². The number of hydrogen-bond acceptors (Lipinski definition) is 3. The number of halogens is 4. The van der Waals surface area contributed by atoms with Crippen molar-refractivity contribution in [2.45, 2.75) is 44.0 Å². The lowest BCUT2D eigenvalue weighted by atomic mass is 10.0. The summed E-state index contributed by atoms with van der Waals surface area (Å²) >= 11 is 5.90. The molecule has 2 fully saturated rings. The van der Waals surface area contributed by atoms with Gasteiger partial charge in [-0.25, -0.2) is 4.98 Å². The molecule has 4 nitrogen and oxygen atoms in total. The lowest BCUT2D eigenvalue weighted by molar-refractivity contribution is -0.364. The number of fused-ring (bicyclic) bond motifs is 1. The molecule has 2 aliphatic rings. The lowest BCUT2D eigenvalue weighted by Crippen LogP contribution is -2.33. The van der Waals surface area contributed by atoms with E-state index in [1.54, 1.807) is 0 Å². The first-order chi connectivity index (χ1) is 10.4. The molecule has 2 atom stereocenters. The van der Waals surface area contributed by atoms with E-state index in [9.17, 15) is 13.2 Å². The van der Waals surface area contributed by atoms with Crippen LogP contribution in [0.3, 0.4) is 0 Å². The van der Waals surface area contributed by atoms with Crippen LogP contribution in [-0.4, -0.2) is 30.3 Å². The van der Waals surface area contributed by atoms with Gasteiger partial charge in [-0.05, 0) is 25.3 Å². The summed E-state index contributed by atoms with van der Waals surface area (Å²) < 4.78 is 37.7. The summed E-state index contributed by atoms with van der Waals surface area (Å²) in [5.74, 6) is 0.378. The van der Waals surface area contributed by atoms with E-state index in [0.29, 0.717) is 18.4 Å². The maximum atomic E-state index is 12.6. The highest BCUT2D eigenvalue weighted by Crippen LogP contribution is 2.32. The van der Waals surface area contributed by atoms with Gasteiger partial charge >= 0.3 is 6.18 Å². The molecule has 0 saturated carbocycles. The largest absolute Gasteiger partial charge is 0.419 e. The van der Waals surface area contributed by atoms with Crippen LogP contribution in [0.15, 0.2) is 12.3 Å². The van der Waals surface area contributed by atoms with E-state index >= 15 is 0 Å². The number of nitrogens with zero attached hydrogens (tertiary/aromatic N) is 1. The van der Waals surface area contributed by atoms with Crippen molar-refractivity contribution in [1.29, 1.82) is 0 Å². The first-order valence-electron chi connectivity index (χ1n) is 7.39. The van der Waals surface area contributed by atoms with Crippen molar-refractivity contribution in [3.8, 4) is 0 Å². The van der Waals surface area contributed by atoms with E-state index in [0.717, 1.165) is 38.1 Å². The molecule has 0 aromatic carbocycles. The third-order valence-electron chi connectivity index (χ3n) is 4.12. The number of aromatic amines is 1. The van der Waals surface area contributed by atoms with E-state index in [4.69, 9.17) is 16.4 Å². The molecule has 2 aliphatic heterocycles. The van der Waals surface area contributed by atoms with Gasteiger partial charge in [0.05, 0.1) is 5.56 Å². The van der Waals surface area contributed by atoms with Gasteiger partial charge in [0, 0.05) is 12.6 Å². The average Bonchev–Trinajstić information content (AvgIpc) is 2.87. The van der Waals surface area contributed by atoms with Crippen LogP contribution >= 0.6 is 11.6 Å².